The Labute approximate surface area is 564 Å². The molecule has 88 heavy (non-hydrogen) atoms. The van der Waals surface area contributed by atoms with E-state index in [1.807, 2.05) is 123 Å². The van der Waals surface area contributed by atoms with E-state index in [1.54, 1.807) is 32.5 Å². The Morgan fingerprint density at radius 2 is 1.08 bits per heavy atom. The molecule has 0 atom stereocenters. The van der Waals surface area contributed by atoms with Crippen LogP contribution in [0, 0.1) is 68.4 Å². The van der Waals surface area contributed by atoms with E-state index in [4.69, 9.17) is 11.3 Å². The van der Waals surface area contributed by atoms with Gasteiger partial charge in [0.2, 0.25) is 11.8 Å². The molecule has 4 saturated heterocycles. The molecule has 0 radical (unpaired) electrons. The highest BCUT2D eigenvalue weighted by molar-refractivity contribution is 8.16. The SMILES string of the molecule is [2H]N1C(=O)CS/C1=N\N=C(/C)C(C)C.[2H]N1C(=O)CS/C1=N\N=C\C(C)C.[2H]N=C(N/N=C(\C)C(C)C)SC.[2H]N=C(N/N=C/C(C)C)SC.[2H]N=C(S)N/N=C(\C)C(C)C.[2H]N=C1SCC(=O)N1/N=C(\C)C(C)C.[2H]N=C1SCC(=O)N1/N=C/C(C)C.[2H]OC(=O)NC(C)C. The second kappa shape index (κ2) is 52.2. The number of hydrogen-bond donors (Lipinski definition) is 13. The van der Waals surface area contributed by atoms with Crippen molar-refractivity contribution < 1.29 is 39.0 Å². The van der Waals surface area contributed by atoms with Crippen molar-refractivity contribution in [3.05, 3.63) is 0 Å². The lowest BCUT2D eigenvalue weighted by Crippen LogP contribution is -2.27. The molecule has 0 aromatic rings. The minimum Gasteiger partial charge on any atom is -0.465 e. The van der Waals surface area contributed by atoms with Gasteiger partial charge in [-0.15, -0.1) is 22.8 Å². The highest BCUT2D eigenvalue weighted by atomic mass is 32.2. The average molecular weight is 1370 g/mol. The van der Waals surface area contributed by atoms with Crippen LogP contribution in [0.5, 0.6) is 0 Å². The summed E-state index contributed by atoms with van der Waals surface area (Å²) in [6.45, 7) is 39.4. The molecule has 35 heteroatoms. The third-order valence-electron chi connectivity index (χ3n) is 9.44. The number of carbonyl (C=O) groups excluding carboxylic acids is 4. The molecule has 12 N–H and O–H groups in total. The third-order valence-corrected chi connectivity index (χ3v) is 13.8. The van der Waals surface area contributed by atoms with Crippen LogP contribution in [0.1, 0.15) is 138 Å². The van der Waals surface area contributed by atoms with Gasteiger partial charge in [0.15, 0.2) is 46.1 Å². The summed E-state index contributed by atoms with van der Waals surface area (Å²) >= 11 is 11.5. The van der Waals surface area contributed by atoms with E-state index < -0.39 is 6.09 Å². The molecule has 0 aromatic carbocycles. The first kappa shape index (κ1) is 73.1. The number of rotatable bonds is 15. The van der Waals surface area contributed by atoms with Crippen LogP contribution in [0.25, 0.3) is 1.43 Å². The normalized spacial score (nSPS) is 19.3. The Hall–Kier alpha value is -5.62. The molecule has 4 rings (SSSR count). The Morgan fingerprint density at radius 3 is 1.47 bits per heavy atom. The number of carbonyl (C=O) groups is 5. The fraction of sp³-hybridized carbons (Fsp3) is 0.642. The van der Waals surface area contributed by atoms with Crippen LogP contribution < -0.4 is 32.2 Å². The summed E-state index contributed by atoms with van der Waals surface area (Å²) in [5.41, 5.74) is 11.6. The van der Waals surface area contributed by atoms with Gasteiger partial charge in [0, 0.05) is 47.5 Å². The number of nitrogens with zero attached hydrogens (tertiary/aromatic N) is 11. The van der Waals surface area contributed by atoms with Gasteiger partial charge in [-0.25, -0.2) is 4.79 Å². The van der Waals surface area contributed by atoms with Crippen LogP contribution in [-0.4, -0.2) is 164 Å². The largest absolute Gasteiger partial charge is 0.465 e. The second-order valence-electron chi connectivity index (χ2n) is 20.3. The first-order valence-electron chi connectivity index (χ1n) is 30.8. The molecule has 5 amide bonds. The molecule has 28 nitrogen and oxygen atoms in total. The fourth-order valence-electron chi connectivity index (χ4n) is 3.65. The molecule has 4 aliphatic heterocycles. The maximum absolute atomic E-state index is 11.3. The van der Waals surface area contributed by atoms with E-state index in [9.17, 15) is 24.0 Å². The third kappa shape index (κ3) is 52.3. The van der Waals surface area contributed by atoms with Gasteiger partial charge in [-0.2, -0.15) is 45.7 Å². The van der Waals surface area contributed by atoms with Gasteiger partial charge < -0.3 is 21.0 Å². The Morgan fingerprint density at radius 1 is 0.625 bits per heavy atom. The van der Waals surface area contributed by atoms with Gasteiger partial charge in [-0.05, 0) is 95.5 Å². The van der Waals surface area contributed by atoms with E-state index in [0.29, 0.717) is 89.5 Å². The minimum absolute atomic E-state index is 0.0350. The maximum Gasteiger partial charge on any atom is 0.404 e. The van der Waals surface area contributed by atoms with Gasteiger partial charge in [-0.3, -0.25) is 62.5 Å². The van der Waals surface area contributed by atoms with E-state index in [2.05, 4.69) is 126 Å². The first-order chi connectivity index (χ1) is 44.9. The Bertz CT molecular complexity index is 2830. The number of amides is 5. The summed E-state index contributed by atoms with van der Waals surface area (Å²) < 4.78 is 54.3. The van der Waals surface area contributed by atoms with Gasteiger partial charge in [0.25, 0.3) is 13.2 Å². The molecular weight excluding hydrogens is 1270 g/mol. The number of amidine groups is 7. The first-order valence-corrected chi connectivity index (χ1v) is 34.1. The molecule has 0 aliphatic carbocycles. The second-order valence-corrected chi connectivity index (χ2v) is 26.1. The lowest BCUT2D eigenvalue weighted by atomic mass is 10.1. The van der Waals surface area contributed by atoms with Gasteiger partial charge in [-0.1, -0.05) is 168 Å². The molecular formula is C53H98N22O6S7. The van der Waals surface area contributed by atoms with E-state index in [-0.39, 0.29) is 40.8 Å². The van der Waals surface area contributed by atoms with Crippen LogP contribution >= 0.6 is 83.2 Å². The molecule has 0 unspecified atom stereocenters. The average Bonchev–Trinajstić information content (AvgIpc) is 1.83. The van der Waals surface area contributed by atoms with Crippen molar-refractivity contribution in [2.24, 2.45) is 87.3 Å². The van der Waals surface area contributed by atoms with Crippen molar-refractivity contribution in [3.63, 3.8) is 0 Å². The highest BCUT2D eigenvalue weighted by Crippen LogP contribution is 2.19. The van der Waals surface area contributed by atoms with E-state index in [1.165, 1.54) is 80.6 Å². The van der Waals surface area contributed by atoms with Gasteiger partial charge >= 0.3 is 6.09 Å². The lowest BCUT2D eigenvalue weighted by molar-refractivity contribution is -0.124. The molecule has 4 heterocycles. The van der Waals surface area contributed by atoms with E-state index in [0.717, 1.165) is 33.5 Å². The van der Waals surface area contributed by atoms with Crippen molar-refractivity contribution in [1.82, 2.24) is 42.2 Å². The van der Waals surface area contributed by atoms with Crippen molar-refractivity contribution in [1.29, 1.82) is 28.4 Å². The number of thiol groups is 1. The zero-order chi connectivity index (χ0) is 74.8. The monoisotopic (exact) mass is 1370 g/mol. The molecule has 0 spiro atoms. The maximum atomic E-state index is 11.3. The molecule has 4 fully saturated rings. The van der Waals surface area contributed by atoms with Crippen LogP contribution in [0.15, 0.2) is 45.9 Å². The van der Waals surface area contributed by atoms with Gasteiger partial charge in [0.05, 0.1) is 23.0 Å². The van der Waals surface area contributed by atoms with Crippen molar-refractivity contribution in [2.45, 2.75) is 145 Å². The predicted octanol–water partition coefficient (Wildman–Crippen LogP) is 10.3. The van der Waals surface area contributed by atoms with Gasteiger partial charge in [0.1, 0.15) is 0 Å². The highest BCUT2D eigenvalue weighted by Gasteiger charge is 2.27. The summed E-state index contributed by atoms with van der Waals surface area (Å²) in [4.78, 5) is 54.4. The summed E-state index contributed by atoms with van der Waals surface area (Å²) in [7, 11) is 0. The standard InChI is InChI=1S/2C8H13N3OS.2C7H11N3OS.C7H15N3S.2C6H13N3S.C4H9NO2/c1-5(2)6(3)10-11-7(12)4-13-8(11)9;1-5(2)6(3)10-11-8-9-7(12)4-13-8;1-5(2)3-9-10-6(11)4-12-7(10)8;1-5(2)3-8-10-7-9-6(11)4-12-7;1-5(2)6(3)9-10-7(8)11-4;1-5(2)4-8-9-6(7)10-3;1-4(2)5(3)8-9-6(7)10;1-3(2)5-4(6)7/h5,9H,4H2,1-3H3;5H,4H2,1-3H3,(H,9,11,12);3,5,8H,4H2,1-2H3;3,5H,4H2,1-2H3,(H,9,10,11);5H,1-4H3,(H2,8,10);4-5H,1-3H3,(H2,7,9);4H,1-3H3,(H3,7,9,10);3,5H,1-2H3,(H,6,7)/b9-8?,10-6+;10-6+;8-7?,9-3+;8-3+;9-6+;8-4+;8-5+;/i/hD8. The predicted molar refractivity (Wildman–Crippen MR) is 387 cm³/mol. The Kier molecular flexibility index (Phi) is 43.4. The molecule has 0 aromatic heterocycles. The quantitative estimate of drug-likeness (QED) is 0.0314. The van der Waals surface area contributed by atoms with Crippen LogP contribution in [0.4, 0.5) is 4.79 Å². The Balaban J connectivity index is -0.000000506. The minimum atomic E-state index is -0.708. The number of nitrogens with one attached hydrogen (secondary N) is 11. The van der Waals surface area contributed by atoms with Crippen molar-refractivity contribution in [2.75, 3.05) is 35.5 Å². The molecule has 0 bridgehead atoms. The zero-order valence-electron chi connectivity index (χ0n) is 62.6. The summed E-state index contributed by atoms with van der Waals surface area (Å²) in [5, 5.41) is 63.8. The molecule has 498 valence electrons. The smallest absolute Gasteiger partial charge is 0.404 e. The number of hydrazone groups is 5. The van der Waals surface area contributed by atoms with Crippen LogP contribution in [0.3, 0.4) is 0 Å². The van der Waals surface area contributed by atoms with Crippen molar-refractivity contribution >= 4 is 191 Å². The van der Waals surface area contributed by atoms with Crippen LogP contribution in [-0.2, 0) is 19.2 Å². The van der Waals surface area contributed by atoms with Crippen LogP contribution in [0.2, 0.25) is 9.88 Å². The summed E-state index contributed by atoms with van der Waals surface area (Å²) in [6.07, 6.45) is 8.08. The topological polar surface area (TPSA) is 415 Å². The number of hydrogen-bond acceptors (Lipinski definition) is 26. The van der Waals surface area contributed by atoms with E-state index >= 15 is 0 Å². The molecule has 0 saturated carbocycles. The zero-order valence-corrected chi connectivity index (χ0v) is 60.4. The number of thioether (sulfide) groups is 6. The summed E-state index contributed by atoms with van der Waals surface area (Å²) in [5.74, 6) is 2.98. The fourth-order valence-corrected chi connectivity index (χ4v) is 6.43. The number of carboxylic acid groups (broad SMARTS) is 1. The van der Waals surface area contributed by atoms with Crippen molar-refractivity contribution in [3.8, 4) is 0 Å². The molecule has 4 aliphatic rings. The summed E-state index contributed by atoms with van der Waals surface area (Å²) in [6, 6.07) is 0.0350. The lowest BCUT2D eigenvalue weighted by Gasteiger charge is -2.11.